The quantitative estimate of drug-likeness (QED) is 0.622. The Kier molecular flexibility index (Phi) is 3.38. The van der Waals surface area contributed by atoms with Gasteiger partial charge in [0.15, 0.2) is 11.5 Å². The number of hydrogen-bond acceptors (Lipinski definition) is 6. The molecule has 0 amide bonds. The van der Waals surface area contributed by atoms with Crippen LogP contribution in [0.1, 0.15) is 11.1 Å². The van der Waals surface area contributed by atoms with E-state index in [2.05, 4.69) is 56.2 Å². The highest BCUT2D eigenvalue weighted by atomic mass is 15.3. The van der Waals surface area contributed by atoms with Gasteiger partial charge < -0.3 is 5.73 Å². The van der Waals surface area contributed by atoms with Crippen LogP contribution in [-0.4, -0.2) is 29.7 Å². The summed E-state index contributed by atoms with van der Waals surface area (Å²) in [6.45, 7) is 2.65. The number of hydrogen-bond donors (Lipinski definition) is 1. The molecule has 0 saturated heterocycles. The maximum atomic E-state index is 6.20. The molecule has 0 spiro atoms. The zero-order chi connectivity index (χ0) is 16.5. The van der Waals surface area contributed by atoms with E-state index in [1.165, 1.54) is 5.56 Å². The molecule has 2 N–H and O–H groups in total. The second-order valence-electron chi connectivity index (χ2n) is 5.55. The molecule has 7 nitrogen and oxygen atoms in total. The maximum absolute atomic E-state index is 6.20. The summed E-state index contributed by atoms with van der Waals surface area (Å²) in [7, 11) is 0. The summed E-state index contributed by atoms with van der Waals surface area (Å²) < 4.78 is 1.74. The van der Waals surface area contributed by atoms with E-state index in [1.54, 1.807) is 29.5 Å². The van der Waals surface area contributed by atoms with Gasteiger partial charge in [-0.05, 0) is 12.5 Å². The van der Waals surface area contributed by atoms with Crippen molar-refractivity contribution in [2.45, 2.75) is 13.5 Å². The van der Waals surface area contributed by atoms with Gasteiger partial charge >= 0.3 is 0 Å². The number of aryl methyl sites for hydroxylation is 1. The van der Waals surface area contributed by atoms with E-state index >= 15 is 0 Å². The van der Waals surface area contributed by atoms with Crippen LogP contribution >= 0.6 is 0 Å². The van der Waals surface area contributed by atoms with Crippen molar-refractivity contribution in [3.63, 3.8) is 0 Å². The molecule has 0 aliphatic carbocycles. The summed E-state index contributed by atoms with van der Waals surface area (Å²) in [4.78, 5) is 17.0. The topological polar surface area (TPSA) is 95.4 Å². The fourth-order valence-electron chi connectivity index (χ4n) is 2.46. The van der Waals surface area contributed by atoms with E-state index in [0.717, 1.165) is 10.9 Å². The van der Waals surface area contributed by atoms with Crippen LogP contribution in [0.2, 0.25) is 0 Å². The highest BCUT2D eigenvalue weighted by Crippen LogP contribution is 2.21. The van der Waals surface area contributed by atoms with Crippen molar-refractivity contribution in [1.82, 2.24) is 29.7 Å². The fraction of sp³-hybridized carbons (Fsp3) is 0.118. The molecule has 1 aromatic carbocycles. The highest BCUT2D eigenvalue weighted by molar-refractivity contribution is 5.86. The maximum Gasteiger partial charge on any atom is 0.187 e. The molecule has 0 saturated carbocycles. The number of nitrogens with zero attached hydrogens (tertiary/aromatic N) is 6. The largest absolute Gasteiger partial charge is 0.383 e. The Labute approximate surface area is 138 Å². The Bertz CT molecular complexity index is 991. The average molecular weight is 317 g/mol. The van der Waals surface area contributed by atoms with Crippen LogP contribution in [0, 0.1) is 6.92 Å². The molecule has 118 valence electrons. The first-order chi connectivity index (χ1) is 11.7. The Balaban J connectivity index is 1.73. The Morgan fingerprint density at radius 1 is 1.04 bits per heavy atom. The summed E-state index contributed by atoms with van der Waals surface area (Å²) in [5, 5.41) is 5.24. The molecule has 0 unspecified atom stereocenters. The van der Waals surface area contributed by atoms with Crippen molar-refractivity contribution in [2.24, 2.45) is 0 Å². The lowest BCUT2D eigenvalue weighted by Gasteiger charge is -2.04. The van der Waals surface area contributed by atoms with Gasteiger partial charge in [0.05, 0.1) is 18.1 Å². The lowest BCUT2D eigenvalue weighted by molar-refractivity contribution is 0.703. The smallest absolute Gasteiger partial charge is 0.187 e. The zero-order valence-electron chi connectivity index (χ0n) is 13.1. The number of benzene rings is 1. The van der Waals surface area contributed by atoms with Crippen molar-refractivity contribution in [3.05, 3.63) is 60.2 Å². The first kappa shape index (κ1) is 14.3. The number of anilines is 1. The van der Waals surface area contributed by atoms with Crippen molar-refractivity contribution in [2.75, 3.05) is 5.73 Å². The molecule has 4 rings (SSSR count). The summed E-state index contributed by atoms with van der Waals surface area (Å²) in [5.41, 5.74) is 9.70. The SMILES string of the molecule is Cc1ccc(Cn2nc3nc(-c4cnccn4)ncc3c2N)cc1. The highest BCUT2D eigenvalue weighted by Gasteiger charge is 2.13. The molecule has 3 aromatic heterocycles. The predicted octanol–water partition coefficient (Wildman–Crippen LogP) is 2.22. The van der Waals surface area contributed by atoms with E-state index in [-0.39, 0.29) is 0 Å². The van der Waals surface area contributed by atoms with Gasteiger partial charge in [-0.25, -0.2) is 19.6 Å². The van der Waals surface area contributed by atoms with Gasteiger partial charge in [-0.15, -0.1) is 5.10 Å². The number of fused-ring (bicyclic) bond motifs is 1. The second kappa shape index (κ2) is 5.69. The predicted molar refractivity (Wildman–Crippen MR) is 91.0 cm³/mol. The van der Waals surface area contributed by atoms with Gasteiger partial charge in [-0.3, -0.25) is 4.98 Å². The van der Waals surface area contributed by atoms with Crippen LogP contribution in [0.25, 0.3) is 22.6 Å². The van der Waals surface area contributed by atoms with Gasteiger partial charge in [0.25, 0.3) is 0 Å². The minimum Gasteiger partial charge on any atom is -0.383 e. The van der Waals surface area contributed by atoms with Gasteiger partial charge in [-0.1, -0.05) is 29.8 Å². The molecular formula is C17H15N7. The molecule has 0 aliphatic heterocycles. The third-order valence-corrected chi connectivity index (χ3v) is 3.78. The molecule has 0 bridgehead atoms. The minimum atomic E-state index is 0.482. The zero-order valence-corrected chi connectivity index (χ0v) is 13.1. The van der Waals surface area contributed by atoms with Crippen LogP contribution < -0.4 is 5.73 Å². The Morgan fingerprint density at radius 2 is 1.88 bits per heavy atom. The third kappa shape index (κ3) is 2.56. The number of nitrogens with two attached hydrogens (primary N) is 1. The van der Waals surface area contributed by atoms with E-state index in [0.29, 0.717) is 29.5 Å². The molecule has 7 heteroatoms. The molecule has 24 heavy (non-hydrogen) atoms. The summed E-state index contributed by atoms with van der Waals surface area (Å²) in [6.07, 6.45) is 6.51. The normalized spacial score (nSPS) is 11.0. The Hall–Kier alpha value is -3.35. The lowest BCUT2D eigenvalue weighted by Crippen LogP contribution is -2.05. The third-order valence-electron chi connectivity index (χ3n) is 3.78. The Morgan fingerprint density at radius 3 is 2.62 bits per heavy atom. The second-order valence-corrected chi connectivity index (χ2v) is 5.55. The van der Waals surface area contributed by atoms with E-state index in [9.17, 15) is 0 Å². The first-order valence-electron chi connectivity index (χ1n) is 7.51. The van der Waals surface area contributed by atoms with Gasteiger partial charge in [-0.2, -0.15) is 0 Å². The molecule has 0 aliphatic rings. The van der Waals surface area contributed by atoms with Crippen LogP contribution in [0.3, 0.4) is 0 Å². The molecule has 4 aromatic rings. The number of nitrogen functional groups attached to an aromatic ring is 1. The van der Waals surface area contributed by atoms with Gasteiger partial charge in [0, 0.05) is 18.6 Å². The van der Waals surface area contributed by atoms with Crippen LogP contribution in [0.15, 0.2) is 49.1 Å². The molecule has 0 atom stereocenters. The van der Waals surface area contributed by atoms with E-state index in [1.807, 2.05) is 0 Å². The van der Waals surface area contributed by atoms with Gasteiger partial charge in [0.2, 0.25) is 0 Å². The molecule has 0 fully saturated rings. The van der Waals surface area contributed by atoms with Crippen molar-refractivity contribution < 1.29 is 0 Å². The lowest BCUT2D eigenvalue weighted by atomic mass is 10.1. The number of rotatable bonds is 3. The van der Waals surface area contributed by atoms with Crippen molar-refractivity contribution in [3.8, 4) is 11.5 Å². The fourth-order valence-corrected chi connectivity index (χ4v) is 2.46. The van der Waals surface area contributed by atoms with E-state index < -0.39 is 0 Å². The number of aromatic nitrogens is 6. The van der Waals surface area contributed by atoms with Crippen LogP contribution in [0.5, 0.6) is 0 Å². The van der Waals surface area contributed by atoms with Crippen LogP contribution in [-0.2, 0) is 6.54 Å². The standard InChI is InChI=1S/C17H15N7/c1-11-2-4-12(5-3-11)10-24-15(18)13-8-21-17(22-16(13)23-24)14-9-19-6-7-20-14/h2-9H,10,18H2,1H3. The molecular weight excluding hydrogens is 302 g/mol. The summed E-state index contributed by atoms with van der Waals surface area (Å²) in [6, 6.07) is 8.27. The molecule has 0 radical (unpaired) electrons. The monoisotopic (exact) mass is 317 g/mol. The van der Waals surface area contributed by atoms with E-state index in [4.69, 9.17) is 5.73 Å². The minimum absolute atomic E-state index is 0.482. The first-order valence-corrected chi connectivity index (χ1v) is 7.51. The molecule has 3 heterocycles. The van der Waals surface area contributed by atoms with Crippen LogP contribution in [0.4, 0.5) is 5.82 Å². The average Bonchev–Trinajstić information content (AvgIpc) is 2.93. The van der Waals surface area contributed by atoms with Crippen molar-refractivity contribution in [1.29, 1.82) is 0 Å². The van der Waals surface area contributed by atoms with Crippen molar-refractivity contribution >= 4 is 16.9 Å². The summed E-state index contributed by atoms with van der Waals surface area (Å²) in [5.74, 6) is 1.03. The van der Waals surface area contributed by atoms with Gasteiger partial charge in [0.1, 0.15) is 11.5 Å². The summed E-state index contributed by atoms with van der Waals surface area (Å²) >= 11 is 0.